The third-order valence-electron chi connectivity index (χ3n) is 4.45. The van der Waals surface area contributed by atoms with Crippen LogP contribution in [0.15, 0.2) is 24.3 Å². The Bertz CT molecular complexity index is 901. The van der Waals surface area contributed by atoms with Crippen LogP contribution >= 0.6 is 0 Å². The molecule has 0 aliphatic carbocycles. The molecule has 1 N–H and O–H groups in total. The normalized spacial score (nSPS) is 18.9. The highest BCUT2D eigenvalue weighted by molar-refractivity contribution is 7.91. The summed E-state index contributed by atoms with van der Waals surface area (Å²) in [6.07, 6.45) is 0.532. The number of aryl methyl sites for hydroxylation is 1. The molecule has 1 unspecified atom stereocenters. The molecule has 0 radical (unpaired) electrons. The number of anilines is 1. The van der Waals surface area contributed by atoms with Gasteiger partial charge in [-0.25, -0.2) is 8.42 Å². The van der Waals surface area contributed by atoms with E-state index in [4.69, 9.17) is 4.74 Å². The second kappa shape index (κ2) is 6.51. The van der Waals surface area contributed by atoms with Crippen molar-refractivity contribution in [3.05, 3.63) is 41.2 Å². The Morgan fingerprint density at radius 1 is 1.28 bits per heavy atom. The maximum Gasteiger partial charge on any atom is 0.259 e. The molecule has 1 amide bonds. The molecule has 1 aromatic carbocycles. The highest BCUT2D eigenvalue weighted by Gasteiger charge is 2.32. The van der Waals surface area contributed by atoms with Crippen LogP contribution in [0, 0.1) is 13.8 Å². The third-order valence-corrected chi connectivity index (χ3v) is 6.20. The molecule has 0 spiro atoms. The maximum atomic E-state index is 12.7. The first-order valence-corrected chi connectivity index (χ1v) is 9.84. The number of carbonyl (C=O) groups excluding carboxylic acids is 1. The molecule has 0 bridgehead atoms. The molecule has 1 fully saturated rings. The first-order valence-electron chi connectivity index (χ1n) is 8.02. The Hall–Kier alpha value is -2.35. The number of hydrogen-bond acceptors (Lipinski definition) is 5. The van der Waals surface area contributed by atoms with E-state index in [2.05, 4.69) is 10.4 Å². The van der Waals surface area contributed by atoms with Gasteiger partial charge in [0.2, 0.25) is 0 Å². The van der Waals surface area contributed by atoms with E-state index < -0.39 is 9.84 Å². The number of rotatable bonds is 4. The number of methoxy groups -OCH3 is 1. The van der Waals surface area contributed by atoms with Gasteiger partial charge in [-0.3, -0.25) is 9.48 Å². The van der Waals surface area contributed by atoms with Crippen molar-refractivity contribution in [2.24, 2.45) is 0 Å². The van der Waals surface area contributed by atoms with Gasteiger partial charge >= 0.3 is 0 Å². The molecule has 1 saturated heterocycles. The van der Waals surface area contributed by atoms with Crippen LogP contribution in [0.1, 0.15) is 34.2 Å². The van der Waals surface area contributed by atoms with E-state index in [1.165, 1.54) is 0 Å². The first kappa shape index (κ1) is 17.5. The smallest absolute Gasteiger partial charge is 0.259 e. The number of nitrogens with one attached hydrogen (secondary N) is 1. The zero-order valence-electron chi connectivity index (χ0n) is 14.4. The molecule has 2 aromatic rings. The molecular formula is C17H21N3O4S. The molecule has 25 heavy (non-hydrogen) atoms. The Morgan fingerprint density at radius 3 is 2.52 bits per heavy atom. The highest BCUT2D eigenvalue weighted by Crippen LogP contribution is 2.27. The van der Waals surface area contributed by atoms with Crippen LogP contribution in [0.5, 0.6) is 5.75 Å². The number of ether oxygens (including phenoxy) is 1. The number of nitrogens with zero attached hydrogens (tertiary/aromatic N) is 2. The molecule has 1 atom stereocenters. The van der Waals surface area contributed by atoms with E-state index in [9.17, 15) is 13.2 Å². The van der Waals surface area contributed by atoms with Gasteiger partial charge in [0.1, 0.15) is 5.75 Å². The molecule has 2 heterocycles. The quantitative estimate of drug-likeness (QED) is 0.899. The first-order chi connectivity index (χ1) is 11.8. The Kier molecular flexibility index (Phi) is 4.55. The Labute approximate surface area is 146 Å². The topological polar surface area (TPSA) is 90.3 Å². The number of sulfone groups is 1. The lowest BCUT2D eigenvalue weighted by molar-refractivity contribution is 0.102. The monoisotopic (exact) mass is 363 g/mol. The van der Waals surface area contributed by atoms with Crippen LogP contribution in [-0.4, -0.2) is 42.7 Å². The molecule has 1 aliphatic heterocycles. The maximum absolute atomic E-state index is 12.7. The largest absolute Gasteiger partial charge is 0.497 e. The van der Waals surface area contributed by atoms with Crippen LogP contribution in [0.3, 0.4) is 0 Å². The minimum Gasteiger partial charge on any atom is -0.497 e. The summed E-state index contributed by atoms with van der Waals surface area (Å²) in [5.41, 5.74) is 2.42. The summed E-state index contributed by atoms with van der Waals surface area (Å²) in [7, 11) is -1.43. The second-order valence-corrected chi connectivity index (χ2v) is 8.46. The predicted octanol–water partition coefficient (Wildman–Crippen LogP) is 2.12. The standard InChI is InChI=1S/C17H21N3O4S/c1-11-16(17(21)18-13-4-6-15(24-3)7-5-13)12(2)20(19-11)14-8-9-25(22,23)10-14/h4-7,14H,8-10H2,1-3H3,(H,18,21). The minimum atomic E-state index is -3.01. The van der Waals surface area contributed by atoms with Gasteiger partial charge in [-0.15, -0.1) is 0 Å². The van der Waals surface area contributed by atoms with Crippen molar-refractivity contribution in [1.29, 1.82) is 0 Å². The summed E-state index contributed by atoms with van der Waals surface area (Å²) in [6.45, 7) is 3.56. The van der Waals surface area contributed by atoms with Crippen molar-refractivity contribution in [1.82, 2.24) is 9.78 Å². The SMILES string of the molecule is COc1ccc(NC(=O)c2c(C)nn(C3CCS(=O)(=O)C3)c2C)cc1. The Balaban J connectivity index is 1.83. The number of amides is 1. The second-order valence-electron chi connectivity index (χ2n) is 6.23. The highest BCUT2D eigenvalue weighted by atomic mass is 32.2. The fourth-order valence-corrected chi connectivity index (χ4v) is 4.88. The average Bonchev–Trinajstić information content (AvgIpc) is 3.07. The summed E-state index contributed by atoms with van der Waals surface area (Å²) in [4.78, 5) is 12.7. The molecule has 3 rings (SSSR count). The van der Waals surface area contributed by atoms with Crippen LogP contribution < -0.4 is 10.1 Å². The van der Waals surface area contributed by atoms with Crippen molar-refractivity contribution in [2.75, 3.05) is 23.9 Å². The molecule has 1 aromatic heterocycles. The lowest BCUT2D eigenvalue weighted by atomic mass is 10.1. The van der Waals surface area contributed by atoms with Crippen LogP contribution in [0.25, 0.3) is 0 Å². The van der Waals surface area contributed by atoms with Gasteiger partial charge in [0.25, 0.3) is 5.91 Å². The number of aromatic nitrogens is 2. The van der Waals surface area contributed by atoms with E-state index >= 15 is 0 Å². The Morgan fingerprint density at radius 2 is 1.96 bits per heavy atom. The number of hydrogen-bond donors (Lipinski definition) is 1. The fourth-order valence-electron chi connectivity index (χ4n) is 3.18. The molecule has 134 valence electrons. The lowest BCUT2D eigenvalue weighted by Crippen LogP contribution is -2.16. The predicted molar refractivity (Wildman–Crippen MR) is 95.0 cm³/mol. The molecule has 7 nitrogen and oxygen atoms in total. The fraction of sp³-hybridized carbons (Fsp3) is 0.412. The van der Waals surface area contributed by atoms with E-state index in [0.717, 1.165) is 0 Å². The number of benzene rings is 1. The van der Waals surface area contributed by atoms with Crippen molar-refractivity contribution in [3.8, 4) is 5.75 Å². The van der Waals surface area contributed by atoms with Gasteiger partial charge in [-0.2, -0.15) is 5.10 Å². The summed E-state index contributed by atoms with van der Waals surface area (Å²) >= 11 is 0. The summed E-state index contributed by atoms with van der Waals surface area (Å²) in [5, 5.41) is 7.26. The van der Waals surface area contributed by atoms with Crippen LogP contribution in [0.4, 0.5) is 5.69 Å². The third kappa shape index (κ3) is 3.53. The van der Waals surface area contributed by atoms with Gasteiger partial charge in [-0.05, 0) is 44.5 Å². The molecule has 0 saturated carbocycles. The summed E-state index contributed by atoms with van der Waals surface area (Å²) < 4.78 is 30.2. The zero-order valence-corrected chi connectivity index (χ0v) is 15.3. The lowest BCUT2D eigenvalue weighted by Gasteiger charge is -2.11. The van der Waals surface area contributed by atoms with E-state index in [1.54, 1.807) is 49.9 Å². The van der Waals surface area contributed by atoms with Gasteiger partial charge in [0.05, 0.1) is 35.9 Å². The molecule has 1 aliphatic rings. The summed E-state index contributed by atoms with van der Waals surface area (Å²) in [5.74, 6) is 0.700. The van der Waals surface area contributed by atoms with Crippen molar-refractivity contribution < 1.29 is 17.9 Å². The van der Waals surface area contributed by atoms with E-state index in [0.29, 0.717) is 34.8 Å². The van der Waals surface area contributed by atoms with Crippen molar-refractivity contribution in [3.63, 3.8) is 0 Å². The van der Waals surface area contributed by atoms with Gasteiger partial charge < -0.3 is 10.1 Å². The van der Waals surface area contributed by atoms with Crippen molar-refractivity contribution in [2.45, 2.75) is 26.3 Å². The van der Waals surface area contributed by atoms with Gasteiger partial charge in [0.15, 0.2) is 9.84 Å². The van der Waals surface area contributed by atoms with Crippen LogP contribution in [-0.2, 0) is 9.84 Å². The van der Waals surface area contributed by atoms with Gasteiger partial charge in [0, 0.05) is 11.4 Å². The van der Waals surface area contributed by atoms with Crippen LogP contribution in [0.2, 0.25) is 0 Å². The van der Waals surface area contributed by atoms with Crippen molar-refractivity contribution >= 4 is 21.4 Å². The summed E-state index contributed by atoms with van der Waals surface area (Å²) in [6, 6.07) is 6.85. The van der Waals surface area contributed by atoms with Gasteiger partial charge in [-0.1, -0.05) is 0 Å². The number of carbonyl (C=O) groups is 1. The molecule has 8 heteroatoms. The molecular weight excluding hydrogens is 342 g/mol. The average molecular weight is 363 g/mol. The minimum absolute atomic E-state index is 0.0779. The van der Waals surface area contributed by atoms with E-state index in [-0.39, 0.29) is 23.5 Å². The van der Waals surface area contributed by atoms with E-state index in [1.807, 2.05) is 0 Å². The zero-order chi connectivity index (χ0) is 18.2.